The second kappa shape index (κ2) is 4.68. The van der Waals surface area contributed by atoms with Gasteiger partial charge >= 0.3 is 0 Å². The van der Waals surface area contributed by atoms with Crippen molar-refractivity contribution in [3.8, 4) is 5.69 Å². The molecule has 2 N–H and O–H groups in total. The number of aromatic nitrogens is 3. The molecule has 0 aliphatic heterocycles. The average Bonchev–Trinajstić information content (AvgIpc) is 2.76. The van der Waals surface area contributed by atoms with Crippen molar-refractivity contribution < 1.29 is 22.0 Å². The Balaban J connectivity index is 2.88. The van der Waals surface area contributed by atoms with Crippen molar-refractivity contribution >= 4 is 5.82 Å². The third-order valence-electron chi connectivity index (χ3n) is 2.81. The number of nitrogens with two attached hydrogens (primary N) is 1. The maximum atomic E-state index is 13.8. The highest BCUT2D eigenvalue weighted by molar-refractivity contribution is 5.46. The van der Waals surface area contributed by atoms with Gasteiger partial charge in [0.1, 0.15) is 5.69 Å². The van der Waals surface area contributed by atoms with Gasteiger partial charge in [0, 0.05) is 5.41 Å². The van der Waals surface area contributed by atoms with E-state index in [4.69, 9.17) is 5.73 Å². The highest BCUT2D eigenvalue weighted by Gasteiger charge is 2.32. The maximum Gasteiger partial charge on any atom is 0.200 e. The van der Waals surface area contributed by atoms with E-state index in [-0.39, 0.29) is 11.5 Å². The van der Waals surface area contributed by atoms with Crippen LogP contribution in [0.2, 0.25) is 0 Å². The predicted octanol–water partition coefficient (Wildman–Crippen LogP) is 2.84. The van der Waals surface area contributed by atoms with Gasteiger partial charge in [-0.25, -0.2) is 26.6 Å². The van der Waals surface area contributed by atoms with Gasteiger partial charge in [0.25, 0.3) is 0 Å². The summed E-state index contributed by atoms with van der Waals surface area (Å²) in [6, 6.07) is 0. The van der Waals surface area contributed by atoms with Crippen molar-refractivity contribution in [2.24, 2.45) is 0 Å². The van der Waals surface area contributed by atoms with Crippen LogP contribution in [0.5, 0.6) is 0 Å². The molecule has 0 unspecified atom stereocenters. The van der Waals surface area contributed by atoms with Gasteiger partial charge < -0.3 is 5.73 Å². The molecule has 0 atom stereocenters. The molecule has 2 aromatic rings. The third kappa shape index (κ3) is 2.22. The third-order valence-corrected chi connectivity index (χ3v) is 2.81. The van der Waals surface area contributed by atoms with Crippen LogP contribution in [0.15, 0.2) is 0 Å². The standard InChI is InChI=1S/C12H11F5N4/c1-12(2,3)10-11(18)19-20-21(10)9-7(16)5(14)4(13)6(15)8(9)17/h18H2,1-3H3. The number of benzene rings is 1. The van der Waals surface area contributed by atoms with E-state index in [9.17, 15) is 22.0 Å². The lowest BCUT2D eigenvalue weighted by Crippen LogP contribution is -2.21. The fourth-order valence-electron chi connectivity index (χ4n) is 1.93. The lowest BCUT2D eigenvalue weighted by Gasteiger charge is -2.20. The molecule has 0 aliphatic carbocycles. The molecule has 1 heterocycles. The number of anilines is 1. The molecule has 0 radical (unpaired) electrons. The molecule has 1 aromatic heterocycles. The molecular weight excluding hydrogens is 295 g/mol. The first-order valence-corrected chi connectivity index (χ1v) is 5.80. The zero-order valence-electron chi connectivity index (χ0n) is 11.3. The van der Waals surface area contributed by atoms with Gasteiger partial charge in [-0.2, -0.15) is 0 Å². The van der Waals surface area contributed by atoms with E-state index in [1.807, 2.05) is 0 Å². The van der Waals surface area contributed by atoms with E-state index < -0.39 is 40.2 Å². The minimum Gasteiger partial charge on any atom is -0.381 e. The summed E-state index contributed by atoms with van der Waals surface area (Å²) in [7, 11) is 0. The van der Waals surface area contributed by atoms with Crippen molar-refractivity contribution in [3.63, 3.8) is 0 Å². The minimum atomic E-state index is -2.24. The Morgan fingerprint density at radius 2 is 1.29 bits per heavy atom. The SMILES string of the molecule is CC(C)(C)c1c(N)nnn1-c1c(F)c(F)c(F)c(F)c1F. The Hall–Kier alpha value is -2.19. The number of hydrogen-bond donors (Lipinski definition) is 1. The lowest BCUT2D eigenvalue weighted by molar-refractivity contribution is 0.371. The van der Waals surface area contributed by atoms with E-state index >= 15 is 0 Å². The summed E-state index contributed by atoms with van der Waals surface area (Å²) in [6.45, 7) is 4.89. The number of rotatable bonds is 1. The van der Waals surface area contributed by atoms with Crippen molar-refractivity contribution in [1.82, 2.24) is 15.0 Å². The first kappa shape index (κ1) is 15.2. The molecule has 2 rings (SSSR count). The Bertz CT molecular complexity index is 688. The normalized spacial score (nSPS) is 12.0. The number of halogens is 5. The average molecular weight is 306 g/mol. The molecule has 9 heteroatoms. The maximum absolute atomic E-state index is 13.8. The van der Waals surface area contributed by atoms with E-state index in [1.54, 1.807) is 20.8 Å². The highest BCUT2D eigenvalue weighted by Crippen LogP contribution is 2.32. The fraction of sp³-hybridized carbons (Fsp3) is 0.333. The molecule has 1 aromatic carbocycles. The van der Waals surface area contributed by atoms with Crippen molar-refractivity contribution in [3.05, 3.63) is 34.8 Å². The van der Waals surface area contributed by atoms with Crippen LogP contribution in [-0.2, 0) is 5.41 Å². The molecule has 4 nitrogen and oxygen atoms in total. The molecule has 0 fully saturated rings. The Labute approximate surface area is 116 Å². The van der Waals surface area contributed by atoms with Crippen LogP contribution in [0.3, 0.4) is 0 Å². The van der Waals surface area contributed by atoms with Gasteiger partial charge in [-0.3, -0.25) is 0 Å². The summed E-state index contributed by atoms with van der Waals surface area (Å²) < 4.78 is 67.8. The van der Waals surface area contributed by atoms with Crippen molar-refractivity contribution in [2.75, 3.05) is 5.73 Å². The molecule has 114 valence electrons. The molecule has 0 spiro atoms. The molecule has 0 saturated heterocycles. The first-order chi connectivity index (χ1) is 9.57. The summed E-state index contributed by atoms with van der Waals surface area (Å²) >= 11 is 0. The summed E-state index contributed by atoms with van der Waals surface area (Å²) in [6.07, 6.45) is 0. The van der Waals surface area contributed by atoms with E-state index in [2.05, 4.69) is 10.3 Å². The summed E-state index contributed by atoms with van der Waals surface area (Å²) in [5.41, 5.74) is 3.61. The van der Waals surface area contributed by atoms with Gasteiger partial charge in [0.05, 0.1) is 5.69 Å². The van der Waals surface area contributed by atoms with Crippen LogP contribution < -0.4 is 5.73 Å². The summed E-state index contributed by atoms with van der Waals surface area (Å²) in [4.78, 5) is 0. The largest absolute Gasteiger partial charge is 0.381 e. The number of hydrogen-bond acceptors (Lipinski definition) is 3. The van der Waals surface area contributed by atoms with Crippen LogP contribution >= 0.6 is 0 Å². The van der Waals surface area contributed by atoms with E-state index in [0.29, 0.717) is 4.68 Å². The van der Waals surface area contributed by atoms with Gasteiger partial charge in [0.2, 0.25) is 5.82 Å². The quantitative estimate of drug-likeness (QED) is 0.501. The molecule has 0 bridgehead atoms. The molecular formula is C12H11F5N4. The zero-order valence-corrected chi connectivity index (χ0v) is 11.3. The van der Waals surface area contributed by atoms with Crippen molar-refractivity contribution in [2.45, 2.75) is 26.2 Å². The second-order valence-corrected chi connectivity index (χ2v) is 5.40. The molecule has 0 amide bonds. The highest BCUT2D eigenvalue weighted by atomic mass is 19.2. The molecule has 0 saturated carbocycles. The van der Waals surface area contributed by atoms with Gasteiger partial charge in [-0.05, 0) is 0 Å². The van der Waals surface area contributed by atoms with E-state index in [0.717, 1.165) is 0 Å². The monoisotopic (exact) mass is 306 g/mol. The molecule has 0 aliphatic rings. The van der Waals surface area contributed by atoms with Gasteiger partial charge in [0.15, 0.2) is 29.1 Å². The Morgan fingerprint density at radius 3 is 1.71 bits per heavy atom. The zero-order chi connectivity index (χ0) is 16.1. The number of nitrogens with zero attached hydrogens (tertiary/aromatic N) is 3. The van der Waals surface area contributed by atoms with Crippen LogP contribution in [0.4, 0.5) is 27.8 Å². The summed E-state index contributed by atoms with van der Waals surface area (Å²) in [5.74, 6) is -10.5. The predicted molar refractivity (Wildman–Crippen MR) is 64.3 cm³/mol. The van der Waals surface area contributed by atoms with Crippen molar-refractivity contribution in [1.29, 1.82) is 0 Å². The Morgan fingerprint density at radius 1 is 0.857 bits per heavy atom. The lowest BCUT2D eigenvalue weighted by atomic mass is 9.91. The van der Waals surface area contributed by atoms with Crippen LogP contribution in [-0.4, -0.2) is 15.0 Å². The van der Waals surface area contributed by atoms with Gasteiger partial charge in [-0.1, -0.05) is 26.0 Å². The fourth-order valence-corrected chi connectivity index (χ4v) is 1.93. The summed E-state index contributed by atoms with van der Waals surface area (Å²) in [5, 5.41) is 6.83. The number of nitrogen functional groups attached to an aromatic ring is 1. The first-order valence-electron chi connectivity index (χ1n) is 5.80. The van der Waals surface area contributed by atoms with E-state index in [1.165, 1.54) is 0 Å². The van der Waals surface area contributed by atoms with Crippen LogP contribution in [0.25, 0.3) is 5.69 Å². The topological polar surface area (TPSA) is 56.7 Å². The van der Waals surface area contributed by atoms with Crippen LogP contribution in [0, 0.1) is 29.1 Å². The van der Waals surface area contributed by atoms with Crippen LogP contribution in [0.1, 0.15) is 26.5 Å². The second-order valence-electron chi connectivity index (χ2n) is 5.40. The molecule has 21 heavy (non-hydrogen) atoms. The minimum absolute atomic E-state index is 0.0331. The Kier molecular flexibility index (Phi) is 3.38. The van der Waals surface area contributed by atoms with Gasteiger partial charge in [-0.15, -0.1) is 5.10 Å². The smallest absolute Gasteiger partial charge is 0.200 e.